The molecule has 0 saturated carbocycles. The highest BCUT2D eigenvalue weighted by Crippen LogP contribution is 2.18. The second-order valence-electron chi connectivity index (χ2n) is 10.9. The average Bonchev–Trinajstić information content (AvgIpc) is 2.98. The van der Waals surface area contributed by atoms with Crippen LogP contribution in [0.3, 0.4) is 0 Å². The van der Waals surface area contributed by atoms with Crippen LogP contribution in [0.4, 0.5) is 0 Å². The second-order valence-corrected chi connectivity index (χ2v) is 11.7. The van der Waals surface area contributed by atoms with E-state index in [0.717, 1.165) is 13.0 Å². The van der Waals surface area contributed by atoms with Crippen molar-refractivity contribution >= 4 is 12.6 Å². The molecule has 41 heavy (non-hydrogen) atoms. The van der Waals surface area contributed by atoms with Gasteiger partial charge in [0.2, 0.25) is 0 Å². The van der Waals surface area contributed by atoms with E-state index in [1.165, 1.54) is 109 Å². The third-order valence-electron chi connectivity index (χ3n) is 7.06. The molecule has 1 unspecified atom stereocenters. The zero-order valence-electron chi connectivity index (χ0n) is 26.8. The lowest BCUT2D eigenvalue weighted by Crippen LogP contribution is -2.14. The van der Waals surface area contributed by atoms with E-state index in [0.29, 0.717) is 77.9 Å². The Bertz CT molecular complexity index is 459. The fourth-order valence-electron chi connectivity index (χ4n) is 4.57. The van der Waals surface area contributed by atoms with Crippen LogP contribution in [-0.2, 0) is 28.4 Å². The monoisotopic (exact) mass is 608 g/mol. The van der Waals surface area contributed by atoms with E-state index in [2.05, 4.69) is 6.92 Å². The zero-order chi connectivity index (χ0) is 29.7. The molecule has 0 aliphatic heterocycles. The topological polar surface area (TPSA) is 75.6 Å². The molecule has 248 valence electrons. The number of hydrogen-bond acceptors (Lipinski definition) is 8. The molecule has 0 aromatic carbocycles. The van der Waals surface area contributed by atoms with Crippen LogP contribution >= 0.6 is 12.6 Å². The van der Waals surface area contributed by atoms with Gasteiger partial charge in [0, 0.05) is 11.9 Å². The van der Waals surface area contributed by atoms with Crippen LogP contribution in [0.1, 0.15) is 122 Å². The molecule has 0 aliphatic carbocycles. The van der Waals surface area contributed by atoms with Crippen molar-refractivity contribution in [1.29, 1.82) is 0 Å². The van der Waals surface area contributed by atoms with Gasteiger partial charge in [0.05, 0.1) is 79.3 Å². The number of aliphatic hydroxyl groups is 1. The van der Waals surface area contributed by atoms with Crippen molar-refractivity contribution < 1.29 is 33.5 Å². The Morgan fingerprint density at radius 1 is 0.390 bits per heavy atom. The fourth-order valence-corrected chi connectivity index (χ4v) is 4.93. The van der Waals surface area contributed by atoms with Crippen molar-refractivity contribution in [2.45, 2.75) is 128 Å². The van der Waals surface area contributed by atoms with Gasteiger partial charge in [-0.2, -0.15) is 12.6 Å². The quantitative estimate of drug-likeness (QED) is 0.0562. The predicted octanol–water partition coefficient (Wildman–Crippen LogP) is 7.42. The Hall–Kier alpha value is 0.0700. The van der Waals surface area contributed by atoms with Crippen molar-refractivity contribution in [2.75, 3.05) is 85.9 Å². The van der Waals surface area contributed by atoms with E-state index in [-0.39, 0.29) is 6.61 Å². The molecule has 1 N–H and O–H groups in total. The maximum Gasteiger partial charge on any atom is 0.0701 e. The highest BCUT2D eigenvalue weighted by atomic mass is 32.1. The van der Waals surface area contributed by atoms with Gasteiger partial charge in [0.25, 0.3) is 0 Å². The normalized spacial score (nSPS) is 12.4. The fraction of sp³-hybridized carbons (Fsp3) is 1.00. The van der Waals surface area contributed by atoms with Crippen molar-refractivity contribution in [2.24, 2.45) is 0 Å². The molecule has 1 atom stereocenters. The summed E-state index contributed by atoms with van der Waals surface area (Å²) in [6, 6.07) is 0. The third kappa shape index (κ3) is 38.0. The van der Waals surface area contributed by atoms with Gasteiger partial charge in [0.15, 0.2) is 0 Å². The summed E-state index contributed by atoms with van der Waals surface area (Å²) in [6.45, 7) is 9.09. The maximum absolute atomic E-state index is 8.58. The minimum absolute atomic E-state index is 0.0415. The van der Waals surface area contributed by atoms with E-state index in [1.54, 1.807) is 0 Å². The minimum Gasteiger partial charge on any atom is -0.394 e. The number of thiol groups is 1. The van der Waals surface area contributed by atoms with E-state index in [1.807, 2.05) is 0 Å². The summed E-state index contributed by atoms with van der Waals surface area (Å²) in [7, 11) is 0. The number of ether oxygens (including phenoxy) is 6. The first-order valence-electron chi connectivity index (χ1n) is 17.1. The van der Waals surface area contributed by atoms with Crippen LogP contribution in [0.15, 0.2) is 0 Å². The van der Waals surface area contributed by atoms with Crippen LogP contribution in [-0.4, -0.2) is 96.2 Å². The lowest BCUT2D eigenvalue weighted by Gasteiger charge is -2.10. The number of unbranched alkanes of at least 4 members (excludes halogenated alkanes) is 14. The molecule has 0 saturated heterocycles. The molecule has 0 bridgehead atoms. The lowest BCUT2D eigenvalue weighted by molar-refractivity contribution is -0.0182. The molecule has 0 fully saturated rings. The average molecular weight is 609 g/mol. The first-order chi connectivity index (χ1) is 20.3. The summed E-state index contributed by atoms with van der Waals surface area (Å²) in [6.07, 6.45) is 24.4. The third-order valence-corrected chi connectivity index (χ3v) is 7.58. The number of hydrogen-bond donors (Lipinski definition) is 2. The van der Waals surface area contributed by atoms with Crippen LogP contribution in [0.25, 0.3) is 0 Å². The SMILES string of the molecule is CCCCCCCCCCC(S)CCCCCCCCCCOCCOCCOCCOCCOCCOCCO. The van der Waals surface area contributed by atoms with Crippen molar-refractivity contribution in [3.05, 3.63) is 0 Å². The Labute approximate surface area is 259 Å². The zero-order valence-corrected chi connectivity index (χ0v) is 27.7. The van der Waals surface area contributed by atoms with E-state index >= 15 is 0 Å². The predicted molar refractivity (Wildman–Crippen MR) is 174 cm³/mol. The van der Waals surface area contributed by atoms with Crippen LogP contribution < -0.4 is 0 Å². The maximum atomic E-state index is 8.58. The Morgan fingerprint density at radius 2 is 0.683 bits per heavy atom. The van der Waals surface area contributed by atoms with Gasteiger partial charge in [-0.3, -0.25) is 0 Å². The first kappa shape index (κ1) is 41.1. The smallest absolute Gasteiger partial charge is 0.0701 e. The summed E-state index contributed by atoms with van der Waals surface area (Å²) < 4.78 is 32.6. The second kappa shape index (κ2) is 38.1. The summed E-state index contributed by atoms with van der Waals surface area (Å²) in [5.41, 5.74) is 0. The van der Waals surface area contributed by atoms with Gasteiger partial charge in [-0.15, -0.1) is 0 Å². The highest BCUT2D eigenvalue weighted by Gasteiger charge is 2.03. The van der Waals surface area contributed by atoms with E-state index < -0.39 is 0 Å². The highest BCUT2D eigenvalue weighted by molar-refractivity contribution is 7.80. The molecule has 0 rings (SSSR count). The van der Waals surface area contributed by atoms with Crippen LogP contribution in [0, 0.1) is 0 Å². The molecule has 0 amide bonds. The van der Waals surface area contributed by atoms with Gasteiger partial charge < -0.3 is 33.5 Å². The lowest BCUT2D eigenvalue weighted by atomic mass is 10.0. The van der Waals surface area contributed by atoms with Crippen molar-refractivity contribution in [3.63, 3.8) is 0 Å². The number of aliphatic hydroxyl groups excluding tert-OH is 1. The summed E-state index contributed by atoms with van der Waals surface area (Å²) >= 11 is 4.82. The number of rotatable bonds is 37. The standard InChI is InChI=1S/C33H68O7S/c1-2-3-4-5-6-9-12-15-18-33(41)19-16-13-10-7-8-11-14-17-21-35-23-25-37-27-29-39-31-32-40-30-28-38-26-24-36-22-20-34/h33-34,41H,2-32H2,1H3. The van der Waals surface area contributed by atoms with Gasteiger partial charge in [-0.05, 0) is 19.3 Å². The molecule has 0 heterocycles. The molecule has 0 aromatic heterocycles. The Kier molecular flexibility index (Phi) is 38.2. The van der Waals surface area contributed by atoms with Crippen molar-refractivity contribution in [1.82, 2.24) is 0 Å². The van der Waals surface area contributed by atoms with Gasteiger partial charge in [-0.25, -0.2) is 0 Å². The van der Waals surface area contributed by atoms with Crippen molar-refractivity contribution in [3.8, 4) is 0 Å². The molecule has 7 nitrogen and oxygen atoms in total. The Morgan fingerprint density at radius 3 is 1.05 bits per heavy atom. The first-order valence-corrected chi connectivity index (χ1v) is 17.6. The molecular weight excluding hydrogens is 540 g/mol. The molecule has 8 heteroatoms. The van der Waals surface area contributed by atoms with E-state index in [9.17, 15) is 0 Å². The molecular formula is C33H68O7S. The van der Waals surface area contributed by atoms with Crippen LogP contribution in [0.5, 0.6) is 0 Å². The largest absolute Gasteiger partial charge is 0.394 e. The molecule has 0 aliphatic rings. The summed E-state index contributed by atoms with van der Waals surface area (Å²) in [5, 5.41) is 9.20. The minimum atomic E-state index is 0.0415. The van der Waals surface area contributed by atoms with Gasteiger partial charge in [0.1, 0.15) is 0 Å². The molecule has 0 aromatic rings. The molecule has 0 radical (unpaired) electrons. The van der Waals surface area contributed by atoms with Gasteiger partial charge >= 0.3 is 0 Å². The summed E-state index contributed by atoms with van der Waals surface area (Å²) in [4.78, 5) is 0. The van der Waals surface area contributed by atoms with Gasteiger partial charge in [-0.1, -0.05) is 103 Å². The Balaban J connectivity index is 3.10. The van der Waals surface area contributed by atoms with E-state index in [4.69, 9.17) is 46.2 Å². The van der Waals surface area contributed by atoms with Crippen LogP contribution in [0.2, 0.25) is 0 Å². The molecule has 0 spiro atoms. The summed E-state index contributed by atoms with van der Waals surface area (Å²) in [5.74, 6) is 0.